The number of benzene rings is 3. The van der Waals surface area contributed by atoms with E-state index in [1.807, 2.05) is 81.4 Å². The van der Waals surface area contributed by atoms with E-state index in [0.717, 1.165) is 34.5 Å². The van der Waals surface area contributed by atoms with Crippen LogP contribution >= 0.6 is 12.2 Å². The second-order valence-corrected chi connectivity index (χ2v) is 19.0. The third kappa shape index (κ3) is 13.6. The molecule has 19 heteroatoms. The fourth-order valence-corrected chi connectivity index (χ4v) is 8.37. The number of pyridine rings is 1. The van der Waals surface area contributed by atoms with Gasteiger partial charge in [0.1, 0.15) is 36.8 Å². The van der Waals surface area contributed by atoms with Crippen molar-refractivity contribution in [3.05, 3.63) is 114 Å². The smallest absolute Gasteiger partial charge is 0.419 e. The van der Waals surface area contributed by atoms with Crippen molar-refractivity contribution in [3.63, 3.8) is 0 Å². The lowest BCUT2D eigenvalue weighted by Gasteiger charge is -2.39. The van der Waals surface area contributed by atoms with E-state index in [4.69, 9.17) is 26.1 Å². The van der Waals surface area contributed by atoms with Gasteiger partial charge in [0.05, 0.1) is 35.8 Å². The second-order valence-electron chi connectivity index (χ2n) is 18.7. The Balaban J connectivity index is 0.935. The topological polar surface area (TPSA) is 183 Å². The summed E-state index contributed by atoms with van der Waals surface area (Å²) in [6.07, 6.45) is 2.45. The summed E-state index contributed by atoms with van der Waals surface area (Å²) in [6, 6.07) is 23.0. The van der Waals surface area contributed by atoms with Gasteiger partial charge in [-0.2, -0.15) is 18.4 Å². The van der Waals surface area contributed by atoms with Gasteiger partial charge < -0.3 is 44.0 Å². The Bertz CT molecular complexity index is 2690. The van der Waals surface area contributed by atoms with E-state index in [1.54, 1.807) is 37.1 Å². The molecule has 5 aromatic rings. The first-order valence-electron chi connectivity index (χ1n) is 23.0. The highest BCUT2D eigenvalue weighted by Crippen LogP contribution is 2.35. The number of carbonyl (C=O) groups is 4. The average Bonchev–Trinajstić information content (AvgIpc) is 4.08. The lowest BCUT2D eigenvalue weighted by molar-refractivity contribution is -0.144. The Morgan fingerprint density at radius 2 is 1.59 bits per heavy atom. The highest BCUT2D eigenvalue weighted by Gasteiger charge is 2.42. The van der Waals surface area contributed by atoms with Crippen molar-refractivity contribution in [2.75, 3.05) is 43.2 Å². The number of hydrogen-bond acceptors (Lipinski definition) is 11. The van der Waals surface area contributed by atoms with Crippen LogP contribution in [0.3, 0.4) is 0 Å². The number of oxazole rings is 1. The number of nitriles is 1. The quantitative estimate of drug-likeness (QED) is 0.0457. The summed E-state index contributed by atoms with van der Waals surface area (Å²) < 4.78 is 58.1. The number of nitrogens with one attached hydrogen (secondary N) is 2. The standard InChI is InChI=1S/C52H57F3N8O7S/c1-50(2,3)46(48(67)62-23-9-10-43(62)47(66)59-28-34-11-13-37(14-12-34)44-30-57-33-70-44)60-45(65)31-68-24-7-8-25-69-40-21-17-36(18-22-40)35-15-19-38(20-16-35)63(51(4,5)32-64)49(71)61(6)39-26-41(52(53,54)55)42(27-56)58-29-39/h11-22,26,29-30,32-33,43,46H,7-10,23-25,28,31H2,1-6H3,(H,59,66)(H,60,65). The van der Waals surface area contributed by atoms with Crippen molar-refractivity contribution < 1.29 is 46.2 Å². The maximum Gasteiger partial charge on any atom is 0.419 e. The van der Waals surface area contributed by atoms with Crippen molar-refractivity contribution in [3.8, 4) is 34.3 Å². The SMILES string of the molecule is CN(C(=S)N(c1ccc(-c2ccc(OCCCCOCC(=O)NC(C(=O)N3CCCC3C(=O)NCc3ccc(-c4cnco4)cc3)C(C)(C)C)cc2)cc1)C(C)(C)C=O)c1cnc(C#N)c(C(F)(F)F)c1. The zero-order valence-corrected chi connectivity index (χ0v) is 41.2. The first kappa shape index (κ1) is 53.2. The summed E-state index contributed by atoms with van der Waals surface area (Å²) in [5.41, 5.74) is 0.182. The van der Waals surface area contributed by atoms with Crippen LogP contribution in [-0.4, -0.2) is 95.0 Å². The van der Waals surface area contributed by atoms with Crippen LogP contribution in [0.2, 0.25) is 0 Å². The molecule has 15 nitrogen and oxygen atoms in total. The first-order valence-corrected chi connectivity index (χ1v) is 23.4. The maximum atomic E-state index is 13.9. The van der Waals surface area contributed by atoms with Crippen LogP contribution in [0.25, 0.3) is 22.5 Å². The van der Waals surface area contributed by atoms with Gasteiger partial charge in [0.25, 0.3) is 0 Å². The number of nitrogens with zero attached hydrogens (tertiary/aromatic N) is 6. The summed E-state index contributed by atoms with van der Waals surface area (Å²) in [4.78, 5) is 64.7. The maximum absolute atomic E-state index is 13.9. The first-order chi connectivity index (χ1) is 33.7. The number of unbranched alkanes of at least 4 members (excludes halogenated alkanes) is 1. The third-order valence-corrected chi connectivity index (χ3v) is 12.4. The molecule has 0 spiro atoms. The summed E-state index contributed by atoms with van der Waals surface area (Å²) >= 11 is 5.73. The van der Waals surface area contributed by atoms with Crippen molar-refractivity contribution in [2.24, 2.45) is 5.41 Å². The van der Waals surface area contributed by atoms with Gasteiger partial charge >= 0.3 is 6.18 Å². The van der Waals surface area contributed by atoms with Crippen LogP contribution in [0.15, 0.2) is 102 Å². The number of carbonyl (C=O) groups excluding carboxylic acids is 4. The van der Waals surface area contributed by atoms with Gasteiger partial charge in [-0.15, -0.1) is 0 Å². The Morgan fingerprint density at radius 3 is 2.20 bits per heavy atom. The molecule has 1 aliphatic heterocycles. The number of likely N-dealkylation sites (tertiary alicyclic amines) is 1. The Hall–Kier alpha value is -7.17. The van der Waals surface area contributed by atoms with Gasteiger partial charge in [0.15, 0.2) is 23.0 Å². The van der Waals surface area contributed by atoms with Gasteiger partial charge in [0, 0.05) is 38.0 Å². The Labute approximate surface area is 416 Å². The summed E-state index contributed by atoms with van der Waals surface area (Å²) in [5.74, 6) is 0.300. The van der Waals surface area contributed by atoms with E-state index in [-0.39, 0.29) is 29.2 Å². The molecule has 374 valence electrons. The molecule has 0 saturated carbocycles. The van der Waals surface area contributed by atoms with E-state index in [1.165, 1.54) is 29.3 Å². The Morgan fingerprint density at radius 1 is 0.944 bits per heavy atom. The fourth-order valence-electron chi connectivity index (χ4n) is 7.93. The van der Waals surface area contributed by atoms with Crippen LogP contribution in [-0.2, 0) is 36.6 Å². The molecule has 3 heterocycles. The highest BCUT2D eigenvalue weighted by molar-refractivity contribution is 7.80. The molecule has 1 aliphatic rings. The predicted octanol–water partition coefficient (Wildman–Crippen LogP) is 8.51. The van der Waals surface area contributed by atoms with Gasteiger partial charge in [0.2, 0.25) is 17.7 Å². The van der Waals surface area contributed by atoms with Crippen molar-refractivity contribution in [1.82, 2.24) is 25.5 Å². The van der Waals surface area contributed by atoms with E-state index >= 15 is 0 Å². The number of rotatable bonds is 19. The molecule has 1 fully saturated rings. The van der Waals surface area contributed by atoms with E-state index in [9.17, 15) is 37.6 Å². The monoisotopic (exact) mass is 994 g/mol. The number of hydrogen-bond donors (Lipinski definition) is 2. The summed E-state index contributed by atoms with van der Waals surface area (Å²) in [7, 11) is 1.46. The molecule has 2 N–H and O–H groups in total. The molecule has 3 aromatic carbocycles. The van der Waals surface area contributed by atoms with E-state index in [0.29, 0.717) is 75.5 Å². The van der Waals surface area contributed by atoms with Crippen LogP contribution < -0.4 is 25.2 Å². The lowest BCUT2D eigenvalue weighted by atomic mass is 9.85. The van der Waals surface area contributed by atoms with Crippen LogP contribution in [0.1, 0.15) is 77.1 Å². The minimum Gasteiger partial charge on any atom is -0.494 e. The molecule has 6 rings (SSSR count). The minimum absolute atomic E-state index is 0.0152. The molecule has 2 aromatic heterocycles. The second kappa shape index (κ2) is 23.2. The Kier molecular flexibility index (Phi) is 17.4. The van der Waals surface area contributed by atoms with Crippen molar-refractivity contribution in [1.29, 1.82) is 5.26 Å². The zero-order chi connectivity index (χ0) is 51.5. The highest BCUT2D eigenvalue weighted by atomic mass is 32.1. The van der Waals surface area contributed by atoms with Gasteiger partial charge in [-0.1, -0.05) is 69.3 Å². The number of aromatic nitrogens is 2. The molecule has 71 heavy (non-hydrogen) atoms. The largest absolute Gasteiger partial charge is 0.494 e. The number of ether oxygens (including phenoxy) is 2. The number of alkyl halides is 3. The van der Waals surface area contributed by atoms with Gasteiger partial charge in [-0.3, -0.25) is 14.4 Å². The molecule has 3 amide bonds. The van der Waals surface area contributed by atoms with E-state index in [2.05, 4.69) is 20.6 Å². The molecule has 0 aliphatic carbocycles. The minimum atomic E-state index is -4.82. The number of halogens is 3. The average molecular weight is 995 g/mol. The fraction of sp³-hybridized carbons (Fsp3) is 0.385. The van der Waals surface area contributed by atoms with Crippen LogP contribution in [0.4, 0.5) is 24.5 Å². The van der Waals surface area contributed by atoms with Gasteiger partial charge in [-0.25, -0.2) is 9.97 Å². The molecule has 1 saturated heterocycles. The molecule has 0 radical (unpaired) electrons. The molecule has 2 unspecified atom stereocenters. The van der Waals surface area contributed by atoms with E-state index < -0.39 is 46.4 Å². The summed E-state index contributed by atoms with van der Waals surface area (Å²) in [6.45, 7) is 10.0. The van der Waals surface area contributed by atoms with Crippen molar-refractivity contribution in [2.45, 2.75) is 90.6 Å². The summed E-state index contributed by atoms with van der Waals surface area (Å²) in [5, 5.41) is 15.0. The molecule has 2 atom stereocenters. The third-order valence-electron chi connectivity index (χ3n) is 11.9. The van der Waals surface area contributed by atoms with Crippen molar-refractivity contribution >= 4 is 52.7 Å². The number of aldehydes is 1. The zero-order valence-electron chi connectivity index (χ0n) is 40.4. The molecular weight excluding hydrogens is 938 g/mol. The number of amides is 3. The number of anilines is 2. The molecule has 0 bridgehead atoms. The lowest BCUT2D eigenvalue weighted by Crippen LogP contribution is -2.58. The van der Waals surface area contributed by atoms with Gasteiger partial charge in [-0.05, 0) is 104 Å². The number of thiocarbonyl (C=S) groups is 1. The molecular formula is C52H57F3N8O7S. The van der Waals surface area contributed by atoms with Crippen LogP contribution in [0.5, 0.6) is 5.75 Å². The van der Waals surface area contributed by atoms with Crippen LogP contribution in [0, 0.1) is 16.7 Å². The normalized spacial score (nSPS) is 14.3. The predicted molar refractivity (Wildman–Crippen MR) is 265 cm³/mol.